The Morgan fingerprint density at radius 2 is 1.57 bits per heavy atom. The van der Waals surface area contributed by atoms with Crippen molar-refractivity contribution in [2.75, 3.05) is 11.1 Å². The lowest BCUT2D eigenvalue weighted by atomic mass is 10.2. The number of nitrogens with zero attached hydrogens (tertiary/aromatic N) is 5. The molecule has 0 saturated carbocycles. The summed E-state index contributed by atoms with van der Waals surface area (Å²) in [5.74, 6) is -0.351. The second-order valence-electron chi connectivity index (χ2n) is 9.03. The van der Waals surface area contributed by atoms with E-state index in [-0.39, 0.29) is 28.7 Å². The summed E-state index contributed by atoms with van der Waals surface area (Å²) in [6.45, 7) is 0. The Morgan fingerprint density at radius 3 is 2.39 bits per heavy atom. The molecular formula is C29H18N6O5S4. The topological polar surface area (TPSA) is 154 Å². The third-order valence-electron chi connectivity index (χ3n) is 6.07. The Hall–Kier alpha value is -4.70. The maximum atomic E-state index is 12.4. The number of benzene rings is 4. The SMILES string of the molecule is O=C(CSc1nc2ccc(N=Cc3ccc(Sc4nc5ccccc5s4)c([N+](=O)[O-])c3)cc2s1)Nc1ccccc1[N+](=O)[O-]. The van der Waals surface area contributed by atoms with E-state index in [1.165, 1.54) is 70.5 Å². The first-order chi connectivity index (χ1) is 21.3. The first-order valence-electron chi connectivity index (χ1n) is 12.7. The monoisotopic (exact) mass is 658 g/mol. The molecule has 0 aliphatic carbocycles. The van der Waals surface area contributed by atoms with Gasteiger partial charge in [0.2, 0.25) is 5.91 Å². The molecule has 0 saturated heterocycles. The molecule has 44 heavy (non-hydrogen) atoms. The molecule has 2 aromatic heterocycles. The maximum Gasteiger partial charge on any atom is 0.292 e. The van der Waals surface area contributed by atoms with Crippen LogP contribution in [0.3, 0.4) is 0 Å². The van der Waals surface area contributed by atoms with Gasteiger partial charge in [0.25, 0.3) is 11.4 Å². The van der Waals surface area contributed by atoms with E-state index in [1.807, 2.05) is 36.4 Å². The van der Waals surface area contributed by atoms with E-state index in [9.17, 15) is 25.0 Å². The second kappa shape index (κ2) is 12.9. The van der Waals surface area contributed by atoms with Gasteiger partial charge in [-0.05, 0) is 48.0 Å². The molecule has 0 atom stereocenters. The summed E-state index contributed by atoms with van der Waals surface area (Å²) in [6, 6.07) is 24.1. The number of aromatic nitrogens is 2. The van der Waals surface area contributed by atoms with Gasteiger partial charge in [-0.15, -0.1) is 22.7 Å². The molecule has 0 aliphatic heterocycles. The van der Waals surface area contributed by atoms with E-state index in [0.29, 0.717) is 20.5 Å². The van der Waals surface area contributed by atoms with Gasteiger partial charge in [-0.25, -0.2) is 9.97 Å². The molecule has 0 radical (unpaired) electrons. The van der Waals surface area contributed by atoms with Gasteiger partial charge in [0, 0.05) is 18.3 Å². The number of nitro benzene ring substituents is 2. The molecule has 6 aromatic rings. The summed E-state index contributed by atoms with van der Waals surface area (Å²) in [7, 11) is 0. The lowest BCUT2D eigenvalue weighted by molar-refractivity contribution is -0.387. The quantitative estimate of drug-likeness (QED) is 0.0662. The van der Waals surface area contributed by atoms with E-state index in [1.54, 1.807) is 30.5 Å². The van der Waals surface area contributed by atoms with Crippen molar-refractivity contribution >= 4 is 102 Å². The Labute approximate surface area is 265 Å². The first kappa shape index (κ1) is 29.4. The Balaban J connectivity index is 1.12. The number of aliphatic imine (C=N–C) groups is 1. The molecule has 0 spiro atoms. The molecule has 0 unspecified atom stereocenters. The summed E-state index contributed by atoms with van der Waals surface area (Å²) >= 11 is 5.37. The van der Waals surface area contributed by atoms with Crippen LogP contribution < -0.4 is 5.32 Å². The molecule has 1 N–H and O–H groups in total. The van der Waals surface area contributed by atoms with E-state index < -0.39 is 9.85 Å². The van der Waals surface area contributed by atoms with Crippen LogP contribution in [0.2, 0.25) is 0 Å². The molecule has 218 valence electrons. The van der Waals surface area contributed by atoms with Crippen LogP contribution in [0.5, 0.6) is 0 Å². The highest BCUT2D eigenvalue weighted by Crippen LogP contribution is 2.39. The zero-order valence-electron chi connectivity index (χ0n) is 22.3. The second-order valence-corrected chi connectivity index (χ2v) is 13.6. The van der Waals surface area contributed by atoms with E-state index in [4.69, 9.17) is 0 Å². The van der Waals surface area contributed by atoms with Crippen molar-refractivity contribution < 1.29 is 14.6 Å². The minimum absolute atomic E-state index is 0.0244. The molecule has 11 nitrogen and oxygen atoms in total. The van der Waals surface area contributed by atoms with E-state index in [2.05, 4.69) is 20.3 Å². The number of hydrogen-bond donors (Lipinski definition) is 1. The highest BCUT2D eigenvalue weighted by atomic mass is 32.2. The number of para-hydroxylation sites is 3. The lowest BCUT2D eigenvalue weighted by Gasteiger charge is -2.04. The molecule has 2 heterocycles. The molecule has 0 aliphatic rings. The predicted octanol–water partition coefficient (Wildman–Crippen LogP) is 8.36. The zero-order chi connectivity index (χ0) is 30.6. The van der Waals surface area contributed by atoms with Gasteiger partial charge in [0.05, 0.1) is 46.6 Å². The Morgan fingerprint density at radius 1 is 0.841 bits per heavy atom. The van der Waals surface area contributed by atoms with Crippen LogP contribution in [0.4, 0.5) is 22.7 Å². The average Bonchev–Trinajstić information content (AvgIpc) is 3.62. The van der Waals surface area contributed by atoms with Crippen molar-refractivity contribution in [3.05, 3.63) is 111 Å². The number of thioether (sulfide) groups is 1. The molecule has 0 bridgehead atoms. The van der Waals surface area contributed by atoms with E-state index in [0.717, 1.165) is 24.8 Å². The summed E-state index contributed by atoms with van der Waals surface area (Å²) in [6.07, 6.45) is 1.57. The summed E-state index contributed by atoms with van der Waals surface area (Å²) in [4.78, 5) is 48.6. The van der Waals surface area contributed by atoms with Crippen molar-refractivity contribution in [2.24, 2.45) is 4.99 Å². The van der Waals surface area contributed by atoms with Crippen LogP contribution in [0.15, 0.2) is 103 Å². The number of amides is 1. The largest absolute Gasteiger partial charge is 0.320 e. The van der Waals surface area contributed by atoms with Gasteiger partial charge in [-0.3, -0.25) is 30.0 Å². The number of anilines is 1. The molecular weight excluding hydrogens is 641 g/mol. The normalized spacial score (nSPS) is 11.4. The fourth-order valence-corrected chi connectivity index (χ4v) is 8.08. The minimum atomic E-state index is -0.544. The predicted molar refractivity (Wildman–Crippen MR) is 176 cm³/mol. The summed E-state index contributed by atoms with van der Waals surface area (Å²) < 4.78 is 3.27. The van der Waals surface area contributed by atoms with Gasteiger partial charge in [-0.2, -0.15) is 0 Å². The Bertz CT molecular complexity index is 2060. The number of nitro groups is 2. The van der Waals surface area contributed by atoms with Crippen LogP contribution in [0.1, 0.15) is 5.56 Å². The van der Waals surface area contributed by atoms with Crippen molar-refractivity contribution in [3.8, 4) is 0 Å². The average molecular weight is 659 g/mol. The number of thiazole rings is 2. The van der Waals surface area contributed by atoms with Crippen molar-refractivity contribution in [2.45, 2.75) is 13.6 Å². The highest BCUT2D eigenvalue weighted by molar-refractivity contribution is 8.01. The molecule has 0 fully saturated rings. The van der Waals surface area contributed by atoms with E-state index >= 15 is 0 Å². The van der Waals surface area contributed by atoms with Crippen LogP contribution in [0, 0.1) is 20.2 Å². The maximum absolute atomic E-state index is 12.4. The molecule has 6 rings (SSSR count). The number of fused-ring (bicyclic) bond motifs is 2. The first-order valence-corrected chi connectivity index (χ1v) is 16.2. The molecule has 4 aromatic carbocycles. The third-order valence-corrected chi connectivity index (χ3v) is 10.4. The highest BCUT2D eigenvalue weighted by Gasteiger charge is 2.18. The lowest BCUT2D eigenvalue weighted by Crippen LogP contribution is -2.15. The smallest absolute Gasteiger partial charge is 0.292 e. The number of nitrogens with one attached hydrogen (secondary N) is 1. The standard InChI is InChI=1S/C29H18N6O5S4/c36-27(31-19-5-1-3-7-22(19)34(37)38)16-41-28-32-21-11-10-18(14-26(21)44-28)30-15-17-9-12-25(23(13-17)35(39)40)43-29-33-20-6-2-4-8-24(20)42-29/h1-15H,16H2,(H,31,36). The van der Waals surface area contributed by atoms with Gasteiger partial charge in [0.15, 0.2) is 8.68 Å². The summed E-state index contributed by atoms with van der Waals surface area (Å²) in [5, 5.41) is 25.6. The van der Waals surface area contributed by atoms with Crippen LogP contribution in [-0.2, 0) is 4.79 Å². The van der Waals surface area contributed by atoms with Crippen molar-refractivity contribution in [1.29, 1.82) is 0 Å². The van der Waals surface area contributed by atoms with Crippen molar-refractivity contribution in [3.63, 3.8) is 0 Å². The molecule has 15 heteroatoms. The van der Waals surface area contributed by atoms with Gasteiger partial charge < -0.3 is 5.32 Å². The number of carbonyl (C=O) groups excluding carboxylic acids is 1. The number of rotatable bonds is 10. The minimum Gasteiger partial charge on any atom is -0.320 e. The Kier molecular flexibility index (Phi) is 8.60. The van der Waals surface area contributed by atoms with Crippen LogP contribution in [-0.4, -0.2) is 37.7 Å². The summed E-state index contributed by atoms with van der Waals surface area (Å²) in [5.41, 5.74) is 2.76. The number of carbonyl (C=O) groups is 1. The van der Waals surface area contributed by atoms with Gasteiger partial charge in [-0.1, -0.05) is 53.9 Å². The zero-order valence-corrected chi connectivity index (χ0v) is 25.5. The fraction of sp³-hybridized carbons (Fsp3) is 0.0345. The van der Waals surface area contributed by atoms with Crippen molar-refractivity contribution in [1.82, 2.24) is 9.97 Å². The van der Waals surface area contributed by atoms with Gasteiger partial charge >= 0.3 is 0 Å². The third kappa shape index (κ3) is 6.75. The van der Waals surface area contributed by atoms with Crippen LogP contribution in [0.25, 0.3) is 20.4 Å². The molecule has 1 amide bonds. The fourth-order valence-electron chi connectivity index (χ4n) is 4.07. The van der Waals surface area contributed by atoms with Crippen LogP contribution >= 0.6 is 46.2 Å². The number of hydrogen-bond acceptors (Lipinski definition) is 12. The van der Waals surface area contributed by atoms with Gasteiger partial charge in [0.1, 0.15) is 5.69 Å².